The minimum absolute atomic E-state index is 0.340. The third-order valence-corrected chi connectivity index (χ3v) is 6.01. The molecule has 5 heteroatoms. The molecule has 1 fully saturated rings. The van der Waals surface area contributed by atoms with Gasteiger partial charge in [-0.25, -0.2) is 0 Å². The number of nitrogens with zero attached hydrogens (tertiary/aromatic N) is 2. The van der Waals surface area contributed by atoms with E-state index in [0.717, 1.165) is 44.2 Å². The lowest BCUT2D eigenvalue weighted by Crippen LogP contribution is -2.44. The molecule has 0 radical (unpaired) electrons. The summed E-state index contributed by atoms with van der Waals surface area (Å²) in [6.45, 7) is 5.83. The molecule has 1 saturated heterocycles. The van der Waals surface area contributed by atoms with Crippen LogP contribution in [-0.2, 0) is 6.42 Å². The monoisotopic (exact) mass is 365 g/mol. The van der Waals surface area contributed by atoms with Gasteiger partial charge in [0, 0.05) is 56.2 Å². The minimum Gasteiger partial charge on any atom is -0.454 e. The summed E-state index contributed by atoms with van der Waals surface area (Å²) in [5.74, 6) is 1.73. The van der Waals surface area contributed by atoms with Gasteiger partial charge in [-0.2, -0.15) is 0 Å². The minimum atomic E-state index is 0.340. The smallest absolute Gasteiger partial charge is 0.231 e. The molecular formula is C22H27N3O2. The van der Waals surface area contributed by atoms with Crippen LogP contribution in [0.1, 0.15) is 18.4 Å². The van der Waals surface area contributed by atoms with E-state index < -0.39 is 0 Å². The summed E-state index contributed by atoms with van der Waals surface area (Å²) in [5, 5.41) is 3.78. The summed E-state index contributed by atoms with van der Waals surface area (Å²) >= 11 is 0. The number of ether oxygens (including phenoxy) is 2. The number of fused-ring (bicyclic) bond motifs is 2. The first-order valence-electron chi connectivity index (χ1n) is 10.1. The number of hydrogen-bond acceptors (Lipinski definition) is 5. The molecule has 5 rings (SSSR count). The second-order valence-electron chi connectivity index (χ2n) is 7.62. The third-order valence-electron chi connectivity index (χ3n) is 6.01. The Kier molecular flexibility index (Phi) is 4.54. The van der Waals surface area contributed by atoms with Crippen molar-refractivity contribution in [1.29, 1.82) is 0 Å². The van der Waals surface area contributed by atoms with Gasteiger partial charge >= 0.3 is 0 Å². The molecule has 0 atom stereocenters. The van der Waals surface area contributed by atoms with Gasteiger partial charge in [0.1, 0.15) is 0 Å². The van der Waals surface area contributed by atoms with Gasteiger partial charge < -0.3 is 24.6 Å². The highest BCUT2D eigenvalue weighted by Gasteiger charge is 2.22. The van der Waals surface area contributed by atoms with Crippen LogP contribution in [0.2, 0.25) is 0 Å². The fraction of sp³-hybridized carbons (Fsp3) is 0.455. The average Bonchev–Trinajstić information content (AvgIpc) is 3.35. The standard InChI is InChI=1S/C22H27N3O2/c1-2-4-20-17(3-1)7-11-25(20)14-10-23-18-8-12-24(13-9-18)19-5-6-21-22(15-19)27-16-26-21/h1-6,15,18,23H,7-14,16H2. The van der Waals surface area contributed by atoms with Gasteiger partial charge in [0.15, 0.2) is 11.5 Å². The molecule has 0 saturated carbocycles. The summed E-state index contributed by atoms with van der Waals surface area (Å²) in [7, 11) is 0. The van der Waals surface area contributed by atoms with Crippen LogP contribution in [0.4, 0.5) is 11.4 Å². The maximum Gasteiger partial charge on any atom is 0.231 e. The molecule has 3 aliphatic rings. The lowest BCUT2D eigenvalue weighted by molar-refractivity contribution is 0.174. The van der Waals surface area contributed by atoms with E-state index in [1.165, 1.54) is 36.2 Å². The lowest BCUT2D eigenvalue weighted by atomic mass is 10.0. The molecule has 0 bridgehead atoms. The van der Waals surface area contributed by atoms with Crippen molar-refractivity contribution in [1.82, 2.24) is 5.32 Å². The van der Waals surface area contributed by atoms with Gasteiger partial charge in [-0.15, -0.1) is 0 Å². The van der Waals surface area contributed by atoms with Crippen molar-refractivity contribution in [3.05, 3.63) is 48.0 Å². The molecule has 0 amide bonds. The van der Waals surface area contributed by atoms with Crippen molar-refractivity contribution in [3.8, 4) is 11.5 Å². The van der Waals surface area contributed by atoms with Crippen LogP contribution < -0.4 is 24.6 Å². The van der Waals surface area contributed by atoms with Crippen molar-refractivity contribution in [2.75, 3.05) is 49.3 Å². The Morgan fingerprint density at radius 1 is 0.963 bits per heavy atom. The normalized spacial score (nSPS) is 18.8. The fourth-order valence-electron chi connectivity index (χ4n) is 4.47. The predicted molar refractivity (Wildman–Crippen MR) is 108 cm³/mol. The van der Waals surface area contributed by atoms with Gasteiger partial charge in [0.2, 0.25) is 6.79 Å². The van der Waals surface area contributed by atoms with Crippen LogP contribution in [0.25, 0.3) is 0 Å². The molecule has 0 aromatic heterocycles. The highest BCUT2D eigenvalue weighted by molar-refractivity contribution is 5.58. The molecule has 2 aromatic rings. The predicted octanol–water partition coefficient (Wildman–Crippen LogP) is 3.04. The zero-order valence-electron chi connectivity index (χ0n) is 15.7. The van der Waals surface area contributed by atoms with Crippen molar-refractivity contribution in [2.45, 2.75) is 25.3 Å². The summed E-state index contributed by atoms with van der Waals surface area (Å²) in [5.41, 5.74) is 4.16. The van der Waals surface area contributed by atoms with Gasteiger partial charge in [-0.1, -0.05) is 18.2 Å². The first-order valence-corrected chi connectivity index (χ1v) is 10.1. The molecule has 3 aliphatic heterocycles. The van der Waals surface area contributed by atoms with Crippen LogP contribution in [0.15, 0.2) is 42.5 Å². The van der Waals surface area contributed by atoms with E-state index in [2.05, 4.69) is 51.5 Å². The SMILES string of the molecule is c1ccc2c(c1)CCN2CCNC1CCN(c2ccc3c(c2)OCO3)CC1. The first-order chi connectivity index (χ1) is 13.4. The average molecular weight is 365 g/mol. The summed E-state index contributed by atoms with van der Waals surface area (Å²) in [6, 6.07) is 15.7. The van der Waals surface area contributed by atoms with Gasteiger partial charge in [-0.05, 0) is 43.0 Å². The van der Waals surface area contributed by atoms with Crippen LogP contribution >= 0.6 is 0 Å². The number of hydrogen-bond donors (Lipinski definition) is 1. The van der Waals surface area contributed by atoms with Gasteiger partial charge in [0.25, 0.3) is 0 Å². The van der Waals surface area contributed by atoms with E-state index in [1.807, 2.05) is 6.07 Å². The van der Waals surface area contributed by atoms with Crippen LogP contribution in [0.3, 0.4) is 0 Å². The Bertz CT molecular complexity index is 802. The van der Waals surface area contributed by atoms with E-state index in [9.17, 15) is 0 Å². The Morgan fingerprint density at radius 3 is 2.74 bits per heavy atom. The molecule has 27 heavy (non-hydrogen) atoms. The fourth-order valence-corrected chi connectivity index (χ4v) is 4.47. The van der Waals surface area contributed by atoms with Crippen LogP contribution in [-0.4, -0.2) is 45.6 Å². The lowest BCUT2D eigenvalue weighted by Gasteiger charge is -2.34. The van der Waals surface area contributed by atoms with E-state index in [4.69, 9.17) is 9.47 Å². The molecule has 142 valence electrons. The molecule has 1 N–H and O–H groups in total. The summed E-state index contributed by atoms with van der Waals surface area (Å²) < 4.78 is 10.9. The zero-order chi connectivity index (χ0) is 18.1. The molecular weight excluding hydrogens is 338 g/mol. The number of para-hydroxylation sites is 1. The van der Waals surface area contributed by atoms with Gasteiger partial charge in [-0.3, -0.25) is 0 Å². The van der Waals surface area contributed by atoms with Crippen molar-refractivity contribution in [3.63, 3.8) is 0 Å². The van der Waals surface area contributed by atoms with E-state index in [-0.39, 0.29) is 0 Å². The van der Waals surface area contributed by atoms with Crippen molar-refractivity contribution < 1.29 is 9.47 Å². The number of nitrogens with one attached hydrogen (secondary N) is 1. The van der Waals surface area contributed by atoms with Crippen molar-refractivity contribution in [2.24, 2.45) is 0 Å². The van der Waals surface area contributed by atoms with Crippen LogP contribution in [0.5, 0.6) is 11.5 Å². The van der Waals surface area contributed by atoms with Crippen LogP contribution in [0, 0.1) is 0 Å². The quantitative estimate of drug-likeness (QED) is 0.881. The topological polar surface area (TPSA) is 37.0 Å². The van der Waals surface area contributed by atoms with E-state index >= 15 is 0 Å². The number of rotatable bonds is 5. The largest absolute Gasteiger partial charge is 0.454 e. The zero-order valence-corrected chi connectivity index (χ0v) is 15.7. The Morgan fingerprint density at radius 2 is 1.81 bits per heavy atom. The maximum atomic E-state index is 5.51. The molecule has 0 aliphatic carbocycles. The molecule has 0 spiro atoms. The van der Waals surface area contributed by atoms with E-state index in [0.29, 0.717) is 12.8 Å². The highest BCUT2D eigenvalue weighted by Crippen LogP contribution is 2.36. The first kappa shape index (κ1) is 16.8. The number of piperidine rings is 1. The third kappa shape index (κ3) is 3.44. The van der Waals surface area contributed by atoms with Gasteiger partial charge in [0.05, 0.1) is 0 Å². The van der Waals surface area contributed by atoms with E-state index in [1.54, 1.807) is 0 Å². The second-order valence-corrected chi connectivity index (χ2v) is 7.62. The molecule has 5 nitrogen and oxygen atoms in total. The second kappa shape index (κ2) is 7.31. The molecule has 0 unspecified atom stereocenters. The number of anilines is 2. The summed E-state index contributed by atoms with van der Waals surface area (Å²) in [4.78, 5) is 4.97. The van der Waals surface area contributed by atoms with Crippen molar-refractivity contribution >= 4 is 11.4 Å². The molecule has 2 aromatic carbocycles. The number of benzene rings is 2. The Labute approximate surface area is 160 Å². The Hall–Kier alpha value is -2.40. The highest BCUT2D eigenvalue weighted by atomic mass is 16.7. The maximum absolute atomic E-state index is 5.51. The summed E-state index contributed by atoms with van der Waals surface area (Å²) in [6.07, 6.45) is 3.56. The molecule has 3 heterocycles. The Balaban J connectivity index is 1.09.